The van der Waals surface area contributed by atoms with Crippen molar-refractivity contribution >= 4 is 31.9 Å². The number of halogens is 3. The van der Waals surface area contributed by atoms with Crippen LogP contribution in [0, 0.1) is 5.82 Å². The van der Waals surface area contributed by atoms with E-state index in [2.05, 4.69) is 31.9 Å². The van der Waals surface area contributed by atoms with E-state index in [-0.39, 0.29) is 18.5 Å². The van der Waals surface area contributed by atoms with Gasteiger partial charge in [0.1, 0.15) is 18.2 Å². The molecule has 5 heteroatoms. The normalized spacial score (nSPS) is 12.2. The summed E-state index contributed by atoms with van der Waals surface area (Å²) in [6.45, 7) is 2.05. The molecule has 0 radical (unpaired) electrons. The first kappa shape index (κ1) is 15.5. The van der Waals surface area contributed by atoms with E-state index in [1.807, 2.05) is 25.1 Å². The van der Waals surface area contributed by atoms with Crippen LogP contribution in [0.3, 0.4) is 0 Å². The Kier molecular flexibility index (Phi) is 5.18. The Morgan fingerprint density at radius 3 is 2.45 bits per heavy atom. The third kappa shape index (κ3) is 3.81. The summed E-state index contributed by atoms with van der Waals surface area (Å²) in [6.07, 6.45) is 0. The monoisotopic (exact) mass is 401 g/mol. The lowest BCUT2D eigenvalue weighted by molar-refractivity contribution is 0.295. The minimum atomic E-state index is -0.293. The van der Waals surface area contributed by atoms with Crippen LogP contribution < -0.4 is 10.5 Å². The Morgan fingerprint density at radius 1 is 1.15 bits per heavy atom. The lowest BCUT2D eigenvalue weighted by atomic mass is 10.1. The fourth-order valence-corrected chi connectivity index (χ4v) is 2.51. The van der Waals surface area contributed by atoms with Crippen LogP contribution in [0.5, 0.6) is 5.75 Å². The topological polar surface area (TPSA) is 35.2 Å². The van der Waals surface area contributed by atoms with E-state index in [9.17, 15) is 4.39 Å². The van der Waals surface area contributed by atoms with E-state index >= 15 is 0 Å². The quantitative estimate of drug-likeness (QED) is 0.785. The summed E-state index contributed by atoms with van der Waals surface area (Å²) in [5, 5.41) is 0. The third-order valence-corrected chi connectivity index (χ3v) is 3.85. The predicted molar refractivity (Wildman–Crippen MR) is 85.2 cm³/mol. The maximum atomic E-state index is 13.7. The average molecular weight is 403 g/mol. The highest BCUT2D eigenvalue weighted by molar-refractivity contribution is 9.10. The highest BCUT2D eigenvalue weighted by Crippen LogP contribution is 2.28. The van der Waals surface area contributed by atoms with Gasteiger partial charge >= 0.3 is 0 Å². The lowest BCUT2D eigenvalue weighted by Crippen LogP contribution is -2.08. The van der Waals surface area contributed by atoms with Crippen LogP contribution in [-0.4, -0.2) is 0 Å². The summed E-state index contributed by atoms with van der Waals surface area (Å²) >= 11 is 6.63. The number of rotatable bonds is 4. The molecule has 0 heterocycles. The molecule has 2 rings (SSSR count). The molecule has 0 spiro atoms. The fraction of sp³-hybridized carbons (Fsp3) is 0.200. The summed E-state index contributed by atoms with van der Waals surface area (Å²) in [5.41, 5.74) is 7.31. The van der Waals surface area contributed by atoms with Gasteiger partial charge in [-0.25, -0.2) is 4.39 Å². The summed E-state index contributed by atoms with van der Waals surface area (Å²) in [4.78, 5) is 0. The zero-order valence-corrected chi connectivity index (χ0v) is 14.0. The van der Waals surface area contributed by atoms with Crippen molar-refractivity contribution in [2.45, 2.75) is 19.6 Å². The fourth-order valence-electron chi connectivity index (χ4n) is 1.80. The Morgan fingerprint density at radius 2 is 1.80 bits per heavy atom. The zero-order valence-electron chi connectivity index (χ0n) is 10.9. The van der Waals surface area contributed by atoms with Gasteiger partial charge in [-0.2, -0.15) is 0 Å². The Balaban J connectivity index is 2.18. The summed E-state index contributed by atoms with van der Waals surface area (Å²) in [5.74, 6) is 0.379. The summed E-state index contributed by atoms with van der Waals surface area (Å²) in [6, 6.07) is 10.4. The van der Waals surface area contributed by atoms with Crippen LogP contribution in [0.15, 0.2) is 45.3 Å². The summed E-state index contributed by atoms with van der Waals surface area (Å²) < 4.78 is 21.1. The van der Waals surface area contributed by atoms with Gasteiger partial charge in [0.2, 0.25) is 0 Å². The molecule has 2 N–H and O–H groups in total. The van der Waals surface area contributed by atoms with Gasteiger partial charge in [0.25, 0.3) is 0 Å². The average Bonchev–Trinajstić information content (AvgIpc) is 2.38. The second-order valence-electron chi connectivity index (χ2n) is 4.50. The van der Waals surface area contributed by atoms with E-state index in [0.717, 1.165) is 10.0 Å². The lowest BCUT2D eigenvalue weighted by Gasteiger charge is -2.15. The number of benzene rings is 2. The van der Waals surface area contributed by atoms with Crippen LogP contribution in [0.25, 0.3) is 0 Å². The van der Waals surface area contributed by atoms with Gasteiger partial charge in [-0.15, -0.1) is 0 Å². The van der Waals surface area contributed by atoms with E-state index in [1.165, 1.54) is 6.07 Å². The Hall–Kier alpha value is -0.910. The van der Waals surface area contributed by atoms with Crippen LogP contribution in [0.1, 0.15) is 24.1 Å². The molecule has 2 aromatic rings. The number of nitrogens with two attached hydrogens (primary N) is 1. The first-order chi connectivity index (χ1) is 9.47. The van der Waals surface area contributed by atoms with Gasteiger partial charge in [-0.1, -0.05) is 37.9 Å². The third-order valence-electron chi connectivity index (χ3n) is 2.86. The largest absolute Gasteiger partial charge is 0.488 e. The van der Waals surface area contributed by atoms with Gasteiger partial charge in [-0.05, 0) is 37.3 Å². The first-order valence-corrected chi connectivity index (χ1v) is 7.67. The highest BCUT2D eigenvalue weighted by atomic mass is 79.9. The maximum Gasteiger partial charge on any atom is 0.130 e. The van der Waals surface area contributed by atoms with E-state index in [1.54, 1.807) is 12.1 Å². The van der Waals surface area contributed by atoms with Crippen molar-refractivity contribution in [3.63, 3.8) is 0 Å². The smallest absolute Gasteiger partial charge is 0.130 e. The highest BCUT2D eigenvalue weighted by Gasteiger charge is 2.10. The van der Waals surface area contributed by atoms with E-state index in [4.69, 9.17) is 10.5 Å². The molecule has 106 valence electrons. The maximum absolute atomic E-state index is 13.7. The molecule has 20 heavy (non-hydrogen) atoms. The summed E-state index contributed by atoms with van der Waals surface area (Å²) in [7, 11) is 0. The van der Waals surface area contributed by atoms with Gasteiger partial charge < -0.3 is 10.5 Å². The molecule has 0 saturated carbocycles. The zero-order chi connectivity index (χ0) is 14.7. The number of hydrogen-bond acceptors (Lipinski definition) is 2. The minimum absolute atomic E-state index is 0.155. The molecule has 0 bridgehead atoms. The van der Waals surface area contributed by atoms with Crippen molar-refractivity contribution in [3.8, 4) is 5.75 Å². The molecule has 2 aromatic carbocycles. The van der Waals surface area contributed by atoms with Gasteiger partial charge in [0.15, 0.2) is 0 Å². The molecule has 0 saturated heterocycles. The second-order valence-corrected chi connectivity index (χ2v) is 6.33. The van der Waals surface area contributed by atoms with E-state index < -0.39 is 0 Å². The van der Waals surface area contributed by atoms with E-state index in [0.29, 0.717) is 15.8 Å². The van der Waals surface area contributed by atoms with Crippen LogP contribution in [0.2, 0.25) is 0 Å². The van der Waals surface area contributed by atoms with Crippen molar-refractivity contribution in [1.82, 2.24) is 0 Å². The molecule has 0 aliphatic rings. The molecule has 0 aliphatic carbocycles. The van der Waals surface area contributed by atoms with Gasteiger partial charge in [0, 0.05) is 26.1 Å². The Labute approximate surface area is 134 Å². The molecular weight excluding hydrogens is 389 g/mol. The van der Waals surface area contributed by atoms with Crippen LogP contribution >= 0.6 is 31.9 Å². The SMILES string of the molecule is C[C@H](N)c1cc(Br)ccc1OCc1ccc(Br)cc1F. The van der Waals surface area contributed by atoms with Crippen molar-refractivity contribution in [1.29, 1.82) is 0 Å². The van der Waals surface area contributed by atoms with Crippen molar-refractivity contribution in [2.75, 3.05) is 0 Å². The predicted octanol–water partition coefficient (Wildman–Crippen LogP) is 4.95. The molecule has 0 aromatic heterocycles. The van der Waals surface area contributed by atoms with Gasteiger partial charge in [-0.3, -0.25) is 0 Å². The van der Waals surface area contributed by atoms with Crippen molar-refractivity contribution in [2.24, 2.45) is 5.73 Å². The molecule has 2 nitrogen and oxygen atoms in total. The standard InChI is InChI=1S/C15H14Br2FNO/c1-9(19)13-6-11(16)4-5-15(13)20-8-10-2-3-12(17)7-14(10)18/h2-7,9H,8,19H2,1H3/t9-/m0/s1. The molecule has 0 fully saturated rings. The molecule has 0 unspecified atom stereocenters. The van der Waals surface area contributed by atoms with Crippen LogP contribution in [0.4, 0.5) is 4.39 Å². The molecule has 1 atom stereocenters. The molecule has 0 amide bonds. The minimum Gasteiger partial charge on any atom is -0.488 e. The van der Waals surface area contributed by atoms with Crippen molar-refractivity contribution in [3.05, 3.63) is 62.3 Å². The Bertz CT molecular complexity index is 617. The molecular formula is C15H14Br2FNO. The van der Waals surface area contributed by atoms with Crippen LogP contribution in [-0.2, 0) is 6.61 Å². The van der Waals surface area contributed by atoms with Crippen molar-refractivity contribution < 1.29 is 9.13 Å². The number of hydrogen-bond donors (Lipinski definition) is 1. The van der Waals surface area contributed by atoms with Gasteiger partial charge in [0.05, 0.1) is 0 Å². The second kappa shape index (κ2) is 6.70. The first-order valence-electron chi connectivity index (χ1n) is 6.09. The molecule has 0 aliphatic heterocycles. The number of ether oxygens (including phenoxy) is 1.